The number of aromatic nitrogens is 1. The number of benzene rings is 3. The zero-order valence-corrected chi connectivity index (χ0v) is 18.9. The Bertz CT molecular complexity index is 1480. The lowest BCUT2D eigenvalue weighted by Crippen LogP contribution is -2.22. The number of nitriles is 1. The second kappa shape index (κ2) is 11.6. The maximum absolute atomic E-state index is 13.7. The Kier molecular flexibility index (Phi) is 8.37. The number of halogens is 4. The number of rotatable bonds is 5. The Morgan fingerprint density at radius 1 is 1.00 bits per heavy atom. The van der Waals surface area contributed by atoms with E-state index < -0.39 is 12.1 Å². The Balaban J connectivity index is 0.000000479. The molecule has 0 saturated heterocycles. The van der Waals surface area contributed by atoms with Gasteiger partial charge in [0.25, 0.3) is 5.91 Å². The summed E-state index contributed by atoms with van der Waals surface area (Å²) in [5, 5.41) is 22.9. The molecule has 1 heterocycles. The number of fused-ring (bicyclic) bond motifs is 1. The molecule has 1 amide bonds. The van der Waals surface area contributed by atoms with Crippen molar-refractivity contribution in [1.29, 1.82) is 5.26 Å². The van der Waals surface area contributed by atoms with Crippen LogP contribution in [0.1, 0.15) is 21.5 Å². The number of hydrogen-bond donors (Lipinski definition) is 3. The molecule has 0 spiro atoms. The van der Waals surface area contributed by atoms with E-state index in [4.69, 9.17) is 15.2 Å². The maximum Gasteiger partial charge on any atom is 0.490 e. The smallest absolute Gasteiger partial charge is 0.475 e. The normalized spacial score (nSPS) is 10.6. The molecule has 37 heavy (non-hydrogen) atoms. The Labute approximate surface area is 208 Å². The minimum atomic E-state index is -5.08. The third-order valence-corrected chi connectivity index (χ3v) is 4.86. The molecule has 0 saturated carbocycles. The van der Waals surface area contributed by atoms with Gasteiger partial charge in [0.15, 0.2) is 0 Å². The number of alkyl halides is 3. The molecule has 0 aliphatic heterocycles. The molecule has 0 radical (unpaired) electrons. The quantitative estimate of drug-likeness (QED) is 0.303. The van der Waals surface area contributed by atoms with Gasteiger partial charge in [-0.1, -0.05) is 18.2 Å². The number of nitrogens with one attached hydrogen (secondary N) is 2. The van der Waals surface area contributed by atoms with Gasteiger partial charge in [-0.2, -0.15) is 18.4 Å². The van der Waals surface area contributed by atoms with Crippen molar-refractivity contribution in [2.24, 2.45) is 0 Å². The van der Waals surface area contributed by atoms with Gasteiger partial charge in [-0.15, -0.1) is 0 Å². The average Bonchev–Trinajstić information content (AvgIpc) is 2.88. The standard InChI is InChI=1S/C24H17FN4O.C2HF3O2/c25-19-7-8-22-21(13-19)23(9-10-27-22)29-20-6-2-5-18(12-20)24(30)28-15-17-4-1-3-16(11-17)14-26;3-2(4,5)1(6)7/h1-13H,15H2,(H,27,29)(H,28,30);(H,6,7). The number of hydrogen-bond acceptors (Lipinski definition) is 5. The van der Waals surface area contributed by atoms with Crippen molar-refractivity contribution in [1.82, 2.24) is 10.3 Å². The van der Waals surface area contributed by atoms with Crippen molar-refractivity contribution in [3.05, 3.63) is 102 Å². The lowest BCUT2D eigenvalue weighted by atomic mass is 10.1. The third-order valence-electron chi connectivity index (χ3n) is 4.86. The van der Waals surface area contributed by atoms with Crippen LogP contribution in [0.25, 0.3) is 10.9 Å². The van der Waals surface area contributed by atoms with Crippen molar-refractivity contribution in [2.45, 2.75) is 12.7 Å². The summed E-state index contributed by atoms with van der Waals surface area (Å²) in [6, 6.07) is 22.4. The average molecular weight is 510 g/mol. The van der Waals surface area contributed by atoms with Gasteiger partial charge >= 0.3 is 12.1 Å². The summed E-state index contributed by atoms with van der Waals surface area (Å²) in [6.45, 7) is 0.320. The highest BCUT2D eigenvalue weighted by Gasteiger charge is 2.38. The van der Waals surface area contributed by atoms with Crippen LogP contribution in [0.5, 0.6) is 0 Å². The van der Waals surface area contributed by atoms with Gasteiger partial charge in [0.05, 0.1) is 17.1 Å². The molecule has 3 N–H and O–H groups in total. The molecule has 4 rings (SSSR count). The lowest BCUT2D eigenvalue weighted by Gasteiger charge is -2.11. The van der Waals surface area contributed by atoms with E-state index in [2.05, 4.69) is 21.7 Å². The monoisotopic (exact) mass is 510 g/mol. The van der Waals surface area contributed by atoms with E-state index in [1.807, 2.05) is 12.1 Å². The van der Waals surface area contributed by atoms with E-state index in [1.54, 1.807) is 54.7 Å². The first kappa shape index (κ1) is 26.6. The van der Waals surface area contributed by atoms with Crippen LogP contribution < -0.4 is 10.6 Å². The molecule has 0 fully saturated rings. The highest BCUT2D eigenvalue weighted by molar-refractivity contribution is 5.96. The van der Waals surface area contributed by atoms with Crippen LogP contribution in [0.4, 0.5) is 28.9 Å². The highest BCUT2D eigenvalue weighted by atomic mass is 19.4. The minimum Gasteiger partial charge on any atom is -0.475 e. The highest BCUT2D eigenvalue weighted by Crippen LogP contribution is 2.26. The van der Waals surface area contributed by atoms with Gasteiger partial charge in [0.1, 0.15) is 5.82 Å². The predicted molar refractivity (Wildman–Crippen MR) is 127 cm³/mol. The summed E-state index contributed by atoms with van der Waals surface area (Å²) in [5.41, 5.74) is 3.96. The van der Waals surface area contributed by atoms with E-state index in [1.165, 1.54) is 12.1 Å². The SMILES string of the molecule is N#Cc1cccc(CNC(=O)c2cccc(Nc3ccnc4ccc(F)cc34)c2)c1.O=C(O)C(F)(F)F. The number of nitrogens with zero attached hydrogens (tertiary/aromatic N) is 2. The number of anilines is 2. The van der Waals surface area contributed by atoms with E-state index in [9.17, 15) is 22.4 Å². The summed E-state index contributed by atoms with van der Waals surface area (Å²) >= 11 is 0. The molecule has 188 valence electrons. The number of pyridine rings is 1. The van der Waals surface area contributed by atoms with Crippen molar-refractivity contribution in [2.75, 3.05) is 5.32 Å². The molecule has 1 aromatic heterocycles. The molecule has 7 nitrogen and oxygen atoms in total. The fourth-order valence-electron chi connectivity index (χ4n) is 3.16. The van der Waals surface area contributed by atoms with E-state index >= 15 is 0 Å². The van der Waals surface area contributed by atoms with Gasteiger partial charge in [0.2, 0.25) is 0 Å². The van der Waals surface area contributed by atoms with E-state index in [0.717, 1.165) is 5.56 Å². The number of amides is 1. The molecule has 0 bridgehead atoms. The van der Waals surface area contributed by atoms with Crippen molar-refractivity contribution < 1.29 is 32.3 Å². The number of carboxylic acids is 1. The predicted octanol–water partition coefficient (Wildman–Crippen LogP) is 5.55. The molecule has 0 atom stereocenters. The van der Waals surface area contributed by atoms with Crippen molar-refractivity contribution in [3.63, 3.8) is 0 Å². The zero-order valence-electron chi connectivity index (χ0n) is 18.9. The van der Waals surface area contributed by atoms with Gasteiger partial charge in [-0.3, -0.25) is 9.78 Å². The lowest BCUT2D eigenvalue weighted by molar-refractivity contribution is -0.192. The first-order valence-corrected chi connectivity index (χ1v) is 10.6. The summed E-state index contributed by atoms with van der Waals surface area (Å²) in [4.78, 5) is 25.7. The van der Waals surface area contributed by atoms with Crippen LogP contribution in [0, 0.1) is 17.1 Å². The number of carbonyl (C=O) groups is 2. The second-order valence-corrected chi connectivity index (χ2v) is 7.52. The number of carboxylic acid groups (broad SMARTS) is 1. The van der Waals surface area contributed by atoms with Crippen molar-refractivity contribution >= 4 is 34.2 Å². The third kappa shape index (κ3) is 7.50. The molecular weight excluding hydrogens is 492 g/mol. The van der Waals surface area contributed by atoms with E-state index in [0.29, 0.717) is 39.9 Å². The van der Waals surface area contributed by atoms with Crippen LogP contribution in [0.2, 0.25) is 0 Å². The summed E-state index contributed by atoms with van der Waals surface area (Å²) in [7, 11) is 0. The Hall–Kier alpha value is -4.98. The van der Waals surface area contributed by atoms with Gasteiger partial charge in [-0.05, 0) is 60.2 Å². The van der Waals surface area contributed by atoms with Crippen LogP contribution in [0.3, 0.4) is 0 Å². The maximum atomic E-state index is 13.7. The molecule has 11 heteroatoms. The first-order valence-electron chi connectivity index (χ1n) is 10.6. The van der Waals surface area contributed by atoms with Gasteiger partial charge in [-0.25, -0.2) is 9.18 Å². The molecule has 0 aliphatic carbocycles. The molecular formula is C26H18F4N4O3. The fraction of sp³-hybridized carbons (Fsp3) is 0.0769. The number of aliphatic carboxylic acids is 1. The van der Waals surface area contributed by atoms with Gasteiger partial charge < -0.3 is 15.7 Å². The van der Waals surface area contributed by atoms with Crippen molar-refractivity contribution in [3.8, 4) is 6.07 Å². The minimum absolute atomic E-state index is 0.230. The van der Waals surface area contributed by atoms with Crippen LogP contribution in [0.15, 0.2) is 79.0 Å². The zero-order chi connectivity index (χ0) is 27.0. The van der Waals surface area contributed by atoms with Crippen LogP contribution in [-0.2, 0) is 11.3 Å². The summed E-state index contributed by atoms with van der Waals surface area (Å²) < 4.78 is 45.4. The summed E-state index contributed by atoms with van der Waals surface area (Å²) in [5.74, 6) is -3.33. The second-order valence-electron chi connectivity index (χ2n) is 7.52. The Morgan fingerprint density at radius 2 is 1.73 bits per heavy atom. The Morgan fingerprint density at radius 3 is 2.43 bits per heavy atom. The largest absolute Gasteiger partial charge is 0.490 e. The molecule has 3 aromatic carbocycles. The molecule has 0 aliphatic rings. The van der Waals surface area contributed by atoms with Gasteiger partial charge in [0, 0.05) is 35.1 Å². The molecule has 0 unspecified atom stereocenters. The summed E-state index contributed by atoms with van der Waals surface area (Å²) in [6.07, 6.45) is -3.44. The number of carbonyl (C=O) groups excluding carboxylic acids is 1. The van der Waals surface area contributed by atoms with Crippen LogP contribution >= 0.6 is 0 Å². The van der Waals surface area contributed by atoms with Crippen LogP contribution in [-0.4, -0.2) is 28.1 Å². The molecule has 4 aromatic rings. The fourth-order valence-corrected chi connectivity index (χ4v) is 3.16. The first-order chi connectivity index (χ1) is 17.6. The topological polar surface area (TPSA) is 115 Å². The van der Waals surface area contributed by atoms with E-state index in [-0.39, 0.29) is 11.7 Å².